The number of aryl methyl sites for hydroxylation is 1. The molecule has 1 aromatic heterocycles. The molecule has 0 amide bonds. The first kappa shape index (κ1) is 13.8. The van der Waals surface area contributed by atoms with Gasteiger partial charge in [-0.3, -0.25) is 4.79 Å². The van der Waals surface area contributed by atoms with Crippen LogP contribution in [0.5, 0.6) is 0 Å². The van der Waals surface area contributed by atoms with Gasteiger partial charge in [0.1, 0.15) is 0 Å². The zero-order valence-corrected chi connectivity index (χ0v) is 13.0. The van der Waals surface area contributed by atoms with Crippen LogP contribution in [0.1, 0.15) is 11.1 Å². The second kappa shape index (κ2) is 5.40. The van der Waals surface area contributed by atoms with Gasteiger partial charge in [-0.1, -0.05) is 54.1 Å². The lowest BCUT2D eigenvalue weighted by Gasteiger charge is -2.15. The fraction of sp³-hybridized carbons (Fsp3) is 0.0952. The van der Waals surface area contributed by atoms with E-state index in [0.29, 0.717) is 0 Å². The summed E-state index contributed by atoms with van der Waals surface area (Å²) < 4.78 is 2.24. The predicted octanol–water partition coefficient (Wildman–Crippen LogP) is 4.51. The van der Waals surface area contributed by atoms with E-state index in [1.165, 1.54) is 5.56 Å². The maximum absolute atomic E-state index is 12.8. The van der Waals surface area contributed by atoms with E-state index < -0.39 is 0 Å². The number of nitrogens with zero attached hydrogens (tertiary/aromatic N) is 1. The van der Waals surface area contributed by atoms with E-state index in [0.717, 1.165) is 33.9 Å². The van der Waals surface area contributed by atoms with Crippen LogP contribution in [-0.2, 0) is 6.54 Å². The van der Waals surface area contributed by atoms with E-state index >= 15 is 0 Å². The number of hydrogen-bond donors (Lipinski definition) is 0. The van der Waals surface area contributed by atoms with Gasteiger partial charge in [0.25, 0.3) is 0 Å². The summed E-state index contributed by atoms with van der Waals surface area (Å²) in [5.74, 6) is 0. The van der Waals surface area contributed by atoms with Crippen LogP contribution in [0.2, 0.25) is 0 Å². The third kappa shape index (κ3) is 2.33. The van der Waals surface area contributed by atoms with Gasteiger partial charge in [-0.25, -0.2) is 0 Å². The van der Waals surface area contributed by atoms with E-state index in [9.17, 15) is 4.79 Å². The Morgan fingerprint density at radius 3 is 2.30 bits per heavy atom. The van der Waals surface area contributed by atoms with Crippen molar-refractivity contribution in [3.63, 3.8) is 0 Å². The Hall–Kier alpha value is -2.87. The van der Waals surface area contributed by atoms with Crippen LogP contribution in [0.3, 0.4) is 0 Å². The Kier molecular flexibility index (Phi) is 3.23. The van der Waals surface area contributed by atoms with Crippen molar-refractivity contribution in [3.05, 3.63) is 94.1 Å². The molecule has 1 heterocycles. The van der Waals surface area contributed by atoms with Crippen molar-refractivity contribution >= 4 is 21.8 Å². The molecule has 0 N–H and O–H groups in total. The maximum atomic E-state index is 12.8. The number of fused-ring (bicyclic) bond motifs is 2. The summed E-state index contributed by atoms with van der Waals surface area (Å²) in [5.41, 5.74) is 4.42. The topological polar surface area (TPSA) is 22.0 Å². The van der Waals surface area contributed by atoms with Crippen molar-refractivity contribution in [1.29, 1.82) is 0 Å². The summed E-state index contributed by atoms with van der Waals surface area (Å²) in [5, 5.41) is 1.57. The predicted molar refractivity (Wildman–Crippen MR) is 96.0 cm³/mol. The van der Waals surface area contributed by atoms with Gasteiger partial charge in [-0.15, -0.1) is 0 Å². The van der Waals surface area contributed by atoms with Crippen molar-refractivity contribution in [2.24, 2.45) is 0 Å². The van der Waals surface area contributed by atoms with Gasteiger partial charge < -0.3 is 4.57 Å². The molecular weight excluding hydrogens is 282 g/mol. The average Bonchev–Trinajstić information content (AvgIpc) is 2.59. The molecule has 23 heavy (non-hydrogen) atoms. The molecular formula is C21H17NO. The lowest BCUT2D eigenvalue weighted by atomic mass is 10.1. The first-order valence-corrected chi connectivity index (χ1v) is 7.80. The van der Waals surface area contributed by atoms with Crippen molar-refractivity contribution in [2.75, 3.05) is 0 Å². The Labute approximate surface area is 134 Å². The molecule has 0 aliphatic carbocycles. The fourth-order valence-corrected chi connectivity index (χ4v) is 3.18. The van der Waals surface area contributed by atoms with Gasteiger partial charge in [0.15, 0.2) is 5.43 Å². The maximum Gasteiger partial charge on any atom is 0.197 e. The largest absolute Gasteiger partial charge is 0.336 e. The van der Waals surface area contributed by atoms with Crippen LogP contribution in [0.15, 0.2) is 77.6 Å². The van der Waals surface area contributed by atoms with Crippen molar-refractivity contribution < 1.29 is 0 Å². The normalized spacial score (nSPS) is 11.2. The minimum absolute atomic E-state index is 0.114. The molecule has 0 bridgehead atoms. The fourth-order valence-electron chi connectivity index (χ4n) is 3.18. The third-order valence-corrected chi connectivity index (χ3v) is 4.31. The SMILES string of the molecule is Cc1ccc2c(c1)c(=O)c1ccccc1n2Cc1ccccc1. The summed E-state index contributed by atoms with van der Waals surface area (Å²) in [6, 6.07) is 24.3. The molecule has 0 saturated heterocycles. The Balaban J connectivity index is 2.10. The molecule has 0 atom stereocenters. The molecule has 0 aliphatic rings. The molecule has 4 aromatic rings. The van der Waals surface area contributed by atoms with Crippen molar-refractivity contribution in [3.8, 4) is 0 Å². The molecule has 0 radical (unpaired) electrons. The smallest absolute Gasteiger partial charge is 0.197 e. The summed E-state index contributed by atoms with van der Waals surface area (Å²) in [6.45, 7) is 2.77. The molecule has 0 saturated carbocycles. The number of pyridine rings is 1. The molecule has 3 aromatic carbocycles. The average molecular weight is 299 g/mol. The van der Waals surface area contributed by atoms with Crippen LogP contribution in [-0.4, -0.2) is 4.57 Å². The quantitative estimate of drug-likeness (QED) is 0.499. The number of rotatable bonds is 2. The van der Waals surface area contributed by atoms with Gasteiger partial charge in [0.2, 0.25) is 0 Å². The highest BCUT2D eigenvalue weighted by Crippen LogP contribution is 2.21. The first-order chi connectivity index (χ1) is 11.2. The van der Waals surface area contributed by atoms with Gasteiger partial charge in [0.05, 0.1) is 11.0 Å². The van der Waals surface area contributed by atoms with Crippen LogP contribution in [0.4, 0.5) is 0 Å². The van der Waals surface area contributed by atoms with Crippen molar-refractivity contribution in [2.45, 2.75) is 13.5 Å². The summed E-state index contributed by atoms with van der Waals surface area (Å²) in [4.78, 5) is 12.8. The highest BCUT2D eigenvalue weighted by molar-refractivity contribution is 5.93. The Morgan fingerprint density at radius 1 is 0.783 bits per heavy atom. The van der Waals surface area contributed by atoms with E-state index in [2.05, 4.69) is 28.8 Å². The highest BCUT2D eigenvalue weighted by atomic mass is 16.1. The van der Waals surface area contributed by atoms with Gasteiger partial charge in [-0.05, 0) is 36.8 Å². The molecule has 2 heteroatoms. The molecule has 2 nitrogen and oxygen atoms in total. The number of aromatic nitrogens is 1. The van der Waals surface area contributed by atoms with Crippen LogP contribution >= 0.6 is 0 Å². The number of para-hydroxylation sites is 1. The second-order valence-electron chi connectivity index (χ2n) is 5.94. The lowest BCUT2D eigenvalue weighted by molar-refractivity contribution is 0.862. The lowest BCUT2D eigenvalue weighted by Crippen LogP contribution is -2.12. The molecule has 0 aliphatic heterocycles. The first-order valence-electron chi connectivity index (χ1n) is 7.80. The monoisotopic (exact) mass is 299 g/mol. The number of hydrogen-bond acceptors (Lipinski definition) is 1. The zero-order chi connectivity index (χ0) is 15.8. The molecule has 0 fully saturated rings. The molecule has 0 spiro atoms. The minimum Gasteiger partial charge on any atom is -0.336 e. The van der Waals surface area contributed by atoms with E-state index in [1.807, 2.05) is 55.5 Å². The van der Waals surface area contributed by atoms with E-state index in [4.69, 9.17) is 0 Å². The van der Waals surface area contributed by atoms with E-state index in [-0.39, 0.29) is 5.43 Å². The third-order valence-electron chi connectivity index (χ3n) is 4.31. The minimum atomic E-state index is 0.114. The van der Waals surface area contributed by atoms with E-state index in [1.54, 1.807) is 0 Å². The van der Waals surface area contributed by atoms with Crippen LogP contribution < -0.4 is 5.43 Å². The zero-order valence-electron chi connectivity index (χ0n) is 13.0. The number of benzene rings is 3. The summed E-state index contributed by atoms with van der Waals surface area (Å²) in [6.07, 6.45) is 0. The highest BCUT2D eigenvalue weighted by Gasteiger charge is 2.10. The molecule has 112 valence electrons. The molecule has 0 unspecified atom stereocenters. The second-order valence-corrected chi connectivity index (χ2v) is 5.94. The summed E-state index contributed by atoms with van der Waals surface area (Å²) in [7, 11) is 0. The van der Waals surface area contributed by atoms with Gasteiger partial charge >= 0.3 is 0 Å². The van der Waals surface area contributed by atoms with Gasteiger partial charge in [-0.2, -0.15) is 0 Å². The van der Waals surface area contributed by atoms with Crippen LogP contribution in [0, 0.1) is 6.92 Å². The molecule has 4 rings (SSSR count). The Morgan fingerprint density at radius 2 is 1.48 bits per heavy atom. The standard InChI is InChI=1S/C21H17NO/c1-15-11-12-20-18(13-15)21(23)17-9-5-6-10-19(17)22(20)14-16-7-3-2-4-8-16/h2-13H,14H2,1H3. The van der Waals surface area contributed by atoms with Crippen molar-refractivity contribution in [1.82, 2.24) is 4.57 Å². The van der Waals surface area contributed by atoms with Crippen LogP contribution in [0.25, 0.3) is 21.8 Å². The Bertz CT molecular complexity index is 1060. The summed E-state index contributed by atoms with van der Waals surface area (Å²) >= 11 is 0. The van der Waals surface area contributed by atoms with Gasteiger partial charge in [0, 0.05) is 17.3 Å².